The monoisotopic (exact) mass is 527 g/mol. The molecule has 2 N–H and O–H groups in total. The van der Waals surface area contributed by atoms with Gasteiger partial charge in [0, 0.05) is 33.5 Å². The Kier molecular flexibility index (Phi) is 10.2. The molecule has 0 amide bonds. The molecule has 176 valence electrons. The number of fused-ring (bicyclic) bond motifs is 2. The van der Waals surface area contributed by atoms with Crippen LogP contribution in [0.1, 0.15) is 30.8 Å². The topological polar surface area (TPSA) is 104 Å². The molecule has 0 saturated heterocycles. The number of esters is 2. The van der Waals surface area contributed by atoms with Gasteiger partial charge < -0.3 is 15.2 Å². The maximum Gasteiger partial charge on any atom is 0.311 e. The van der Waals surface area contributed by atoms with Crippen LogP contribution in [-0.2, 0) is 49.0 Å². The van der Waals surface area contributed by atoms with Crippen LogP contribution in [0.4, 0.5) is 5.69 Å². The molecule has 0 aliphatic heterocycles. The Balaban J connectivity index is 0.000000227. The Hall–Kier alpha value is -2.52. The Bertz CT molecular complexity index is 1140. The summed E-state index contributed by atoms with van der Waals surface area (Å²) in [5, 5.41) is 2.01. The summed E-state index contributed by atoms with van der Waals surface area (Å²) < 4.78 is 20.5. The van der Waals surface area contributed by atoms with E-state index in [1.807, 2.05) is 31.2 Å². The van der Waals surface area contributed by atoms with Crippen LogP contribution in [0.2, 0.25) is 0 Å². The number of ether oxygens (including phenoxy) is 2. The number of carbonyl (C=O) groups is 2. The average molecular weight is 527 g/mol. The van der Waals surface area contributed by atoms with Crippen LogP contribution in [0.25, 0.3) is 20.2 Å². The summed E-state index contributed by atoms with van der Waals surface area (Å²) in [7, 11) is 0. The quantitative estimate of drug-likeness (QED) is 0.220. The first-order valence-corrected chi connectivity index (χ1v) is 11.8. The van der Waals surface area contributed by atoms with E-state index in [-0.39, 0.29) is 41.8 Å². The number of nitrogens with zero attached hydrogens (tertiary/aromatic N) is 2. The standard InChI is InChI=1S/C12H13NO2S.C11H12N2O2S.Fe/c1-3-15-12(14)7-10-9-6-8(2)4-5-11(9)16-13-10;1-2-15-11(14)6-9-8-5-7(12)3-4-10(8)16-13-9;/h4-6H,3,7H2,1-2H3;3-5H,2,6,12H2,1H3;. The number of hydrogen-bond acceptors (Lipinski definition) is 9. The molecule has 0 radical (unpaired) electrons. The number of rotatable bonds is 6. The summed E-state index contributed by atoms with van der Waals surface area (Å²) in [6.07, 6.45) is 0.467. The third kappa shape index (κ3) is 7.23. The molecule has 4 rings (SSSR count). The summed E-state index contributed by atoms with van der Waals surface area (Å²) in [4.78, 5) is 22.7. The minimum atomic E-state index is -0.253. The zero-order chi connectivity index (χ0) is 23.1. The van der Waals surface area contributed by atoms with E-state index in [0.29, 0.717) is 18.9 Å². The molecule has 0 saturated carbocycles. The third-order valence-corrected chi connectivity index (χ3v) is 6.23. The number of nitrogen functional groups attached to an aromatic ring is 1. The molecule has 33 heavy (non-hydrogen) atoms. The van der Waals surface area contributed by atoms with Gasteiger partial charge in [-0.15, -0.1) is 0 Å². The number of benzene rings is 2. The van der Waals surface area contributed by atoms with Gasteiger partial charge in [-0.3, -0.25) is 9.59 Å². The molecule has 0 fully saturated rings. The molecular weight excluding hydrogens is 502 g/mol. The van der Waals surface area contributed by atoms with Crippen molar-refractivity contribution >= 4 is 60.9 Å². The number of nitrogens with two attached hydrogens (primary N) is 1. The van der Waals surface area contributed by atoms with Gasteiger partial charge in [-0.05, 0) is 74.2 Å². The van der Waals surface area contributed by atoms with E-state index in [1.54, 1.807) is 13.8 Å². The van der Waals surface area contributed by atoms with Crippen molar-refractivity contribution in [2.24, 2.45) is 0 Å². The van der Waals surface area contributed by atoms with Crippen molar-refractivity contribution in [3.8, 4) is 0 Å². The van der Waals surface area contributed by atoms with E-state index in [0.717, 1.165) is 31.6 Å². The minimum Gasteiger partial charge on any atom is -0.466 e. The van der Waals surface area contributed by atoms with Crippen LogP contribution in [-0.4, -0.2) is 33.9 Å². The van der Waals surface area contributed by atoms with E-state index in [1.165, 1.54) is 28.6 Å². The molecular formula is C23H25FeN3O4S2. The molecule has 0 spiro atoms. The van der Waals surface area contributed by atoms with Gasteiger partial charge in [0.1, 0.15) is 0 Å². The Morgan fingerprint density at radius 1 is 0.848 bits per heavy atom. The van der Waals surface area contributed by atoms with Crippen molar-refractivity contribution in [1.82, 2.24) is 8.75 Å². The summed E-state index contributed by atoms with van der Waals surface area (Å²) in [5.41, 5.74) is 9.12. The van der Waals surface area contributed by atoms with Crippen LogP contribution >= 0.6 is 23.1 Å². The van der Waals surface area contributed by atoms with Gasteiger partial charge in [0.2, 0.25) is 0 Å². The van der Waals surface area contributed by atoms with Crippen LogP contribution in [0.5, 0.6) is 0 Å². The molecule has 2 heterocycles. The number of hydrogen-bond donors (Lipinski definition) is 1. The molecule has 0 aliphatic carbocycles. The maximum absolute atomic E-state index is 11.4. The third-order valence-electron chi connectivity index (χ3n) is 4.50. The van der Waals surface area contributed by atoms with Crippen molar-refractivity contribution in [3.05, 3.63) is 53.3 Å². The zero-order valence-electron chi connectivity index (χ0n) is 18.6. The molecule has 0 unspecified atom stereocenters. The first kappa shape index (κ1) is 26.7. The van der Waals surface area contributed by atoms with E-state index in [2.05, 4.69) is 20.9 Å². The number of anilines is 1. The van der Waals surface area contributed by atoms with Gasteiger partial charge in [0.05, 0.1) is 46.8 Å². The van der Waals surface area contributed by atoms with Crippen LogP contribution in [0.3, 0.4) is 0 Å². The summed E-state index contributed by atoms with van der Waals surface area (Å²) in [6, 6.07) is 11.7. The van der Waals surface area contributed by atoms with Crippen LogP contribution in [0.15, 0.2) is 36.4 Å². The second kappa shape index (κ2) is 12.6. The Labute approximate surface area is 211 Å². The van der Waals surface area contributed by atoms with E-state index >= 15 is 0 Å². The molecule has 4 aromatic rings. The summed E-state index contributed by atoms with van der Waals surface area (Å²) in [5.74, 6) is -0.465. The number of aromatic nitrogens is 2. The van der Waals surface area contributed by atoms with E-state index in [9.17, 15) is 9.59 Å². The first-order chi connectivity index (χ1) is 15.4. The van der Waals surface area contributed by atoms with Crippen molar-refractivity contribution in [3.63, 3.8) is 0 Å². The fraction of sp³-hybridized carbons (Fsp3) is 0.304. The fourth-order valence-corrected chi connectivity index (χ4v) is 4.61. The molecule has 2 aromatic carbocycles. The van der Waals surface area contributed by atoms with Gasteiger partial charge in [-0.2, -0.15) is 8.75 Å². The second-order valence-corrected chi connectivity index (χ2v) is 8.59. The molecule has 7 nitrogen and oxygen atoms in total. The predicted molar refractivity (Wildman–Crippen MR) is 129 cm³/mol. The van der Waals surface area contributed by atoms with Crippen molar-refractivity contribution in [2.45, 2.75) is 33.6 Å². The van der Waals surface area contributed by atoms with E-state index < -0.39 is 0 Å². The van der Waals surface area contributed by atoms with Crippen LogP contribution in [0, 0.1) is 6.92 Å². The van der Waals surface area contributed by atoms with Crippen molar-refractivity contribution in [1.29, 1.82) is 0 Å². The van der Waals surface area contributed by atoms with Crippen molar-refractivity contribution in [2.75, 3.05) is 18.9 Å². The zero-order valence-corrected chi connectivity index (χ0v) is 21.3. The SMILES string of the molecule is CCOC(=O)Cc1nsc2ccc(C)cc12.CCOC(=O)Cc1nsc2ccc(N)cc12.[Fe]. The van der Waals surface area contributed by atoms with Gasteiger partial charge >= 0.3 is 11.9 Å². The van der Waals surface area contributed by atoms with Crippen molar-refractivity contribution < 1.29 is 36.1 Å². The smallest absolute Gasteiger partial charge is 0.311 e. The van der Waals surface area contributed by atoms with Gasteiger partial charge in [0.25, 0.3) is 0 Å². The van der Waals surface area contributed by atoms with Gasteiger partial charge in [-0.25, -0.2) is 0 Å². The molecule has 2 aromatic heterocycles. The molecule has 0 bridgehead atoms. The minimum absolute atomic E-state index is 0. The number of carbonyl (C=O) groups excluding carboxylic acids is 2. The molecule has 10 heteroatoms. The maximum atomic E-state index is 11.4. The summed E-state index contributed by atoms with van der Waals surface area (Å²) >= 11 is 2.79. The van der Waals surface area contributed by atoms with Gasteiger partial charge in [0.15, 0.2) is 0 Å². The van der Waals surface area contributed by atoms with Gasteiger partial charge in [-0.1, -0.05) is 11.6 Å². The largest absolute Gasteiger partial charge is 0.466 e. The second-order valence-electron chi connectivity index (χ2n) is 6.98. The molecule has 0 aliphatic rings. The predicted octanol–water partition coefficient (Wildman–Crippen LogP) is 4.69. The Morgan fingerprint density at radius 2 is 1.33 bits per heavy atom. The fourth-order valence-electron chi connectivity index (χ4n) is 3.06. The number of aryl methyl sites for hydroxylation is 1. The normalized spacial score (nSPS) is 10.3. The summed E-state index contributed by atoms with van der Waals surface area (Å²) in [6.45, 7) is 6.43. The van der Waals surface area contributed by atoms with E-state index in [4.69, 9.17) is 15.2 Å². The molecule has 0 atom stereocenters. The Morgan fingerprint density at radius 3 is 1.85 bits per heavy atom. The average Bonchev–Trinajstić information content (AvgIpc) is 3.33. The van der Waals surface area contributed by atoms with Crippen LogP contribution < -0.4 is 5.73 Å². The first-order valence-electron chi connectivity index (χ1n) is 10.2.